The Kier molecular flexibility index (Phi) is 7.05. The summed E-state index contributed by atoms with van der Waals surface area (Å²) in [4.78, 5) is 23.9. The Bertz CT molecular complexity index is 1040. The van der Waals surface area contributed by atoms with Crippen LogP contribution in [0.1, 0.15) is 42.0 Å². The van der Waals surface area contributed by atoms with E-state index >= 15 is 0 Å². The molecule has 2 aliphatic rings. The van der Waals surface area contributed by atoms with Gasteiger partial charge in [-0.25, -0.2) is 9.80 Å². The lowest BCUT2D eigenvalue weighted by Gasteiger charge is -2.25. The standard InChI is InChI=1S/C25H30N4O4/c1-17-10-11-22(18(2)13-17)29-23(19-7-4-3-5-8-19)14-21(26-29)25(32)27-28-12-6-9-20(28)15-33-16-24(30)31/h3-5,7-8,10-11,13,20,23H,6,9,12,14-16H2,1-2H3,(H,27,32)(H,30,31). The number of rotatable bonds is 8. The van der Waals surface area contributed by atoms with Gasteiger partial charge >= 0.3 is 5.97 Å². The van der Waals surface area contributed by atoms with E-state index in [0.29, 0.717) is 18.7 Å². The van der Waals surface area contributed by atoms with Crippen molar-refractivity contribution >= 4 is 23.3 Å². The Morgan fingerprint density at radius 1 is 1.18 bits per heavy atom. The van der Waals surface area contributed by atoms with Gasteiger partial charge in [-0.3, -0.25) is 15.2 Å². The van der Waals surface area contributed by atoms with Crippen LogP contribution in [0.2, 0.25) is 0 Å². The number of carbonyl (C=O) groups is 2. The van der Waals surface area contributed by atoms with Crippen LogP contribution in [0.25, 0.3) is 0 Å². The van der Waals surface area contributed by atoms with Gasteiger partial charge in [-0.05, 0) is 43.9 Å². The molecule has 2 aromatic carbocycles. The van der Waals surface area contributed by atoms with Crippen molar-refractivity contribution in [3.8, 4) is 0 Å². The third-order valence-corrected chi connectivity index (χ3v) is 6.11. The lowest BCUT2D eigenvalue weighted by atomic mass is 10.0. The molecule has 174 valence electrons. The molecule has 0 aromatic heterocycles. The normalized spacial score (nSPS) is 20.7. The number of carbonyl (C=O) groups excluding carboxylic acids is 1. The number of aliphatic carboxylic acids is 1. The Morgan fingerprint density at radius 3 is 2.70 bits per heavy atom. The molecule has 2 aromatic rings. The monoisotopic (exact) mass is 450 g/mol. The van der Waals surface area contributed by atoms with Gasteiger partial charge in [-0.2, -0.15) is 5.10 Å². The lowest BCUT2D eigenvalue weighted by molar-refractivity contribution is -0.143. The van der Waals surface area contributed by atoms with E-state index < -0.39 is 5.97 Å². The molecule has 2 aliphatic heterocycles. The van der Waals surface area contributed by atoms with Crippen molar-refractivity contribution in [1.29, 1.82) is 0 Å². The highest BCUT2D eigenvalue weighted by molar-refractivity contribution is 6.39. The number of hydrazone groups is 1. The van der Waals surface area contributed by atoms with Gasteiger partial charge in [0.2, 0.25) is 0 Å². The quantitative estimate of drug-likeness (QED) is 0.641. The summed E-state index contributed by atoms with van der Waals surface area (Å²) in [5, 5.41) is 17.4. The molecular formula is C25H30N4O4. The van der Waals surface area contributed by atoms with Crippen LogP contribution in [0.5, 0.6) is 0 Å². The Hall–Kier alpha value is -3.23. The molecule has 8 heteroatoms. The first-order valence-corrected chi connectivity index (χ1v) is 11.3. The molecular weight excluding hydrogens is 420 g/mol. The number of nitrogens with zero attached hydrogens (tertiary/aromatic N) is 3. The topological polar surface area (TPSA) is 94.5 Å². The number of carboxylic acids is 1. The minimum absolute atomic E-state index is 0.0457. The second-order valence-corrected chi connectivity index (χ2v) is 8.65. The molecule has 1 saturated heterocycles. The number of aryl methyl sites for hydroxylation is 2. The minimum Gasteiger partial charge on any atom is -0.480 e. The van der Waals surface area contributed by atoms with E-state index in [1.807, 2.05) is 28.2 Å². The summed E-state index contributed by atoms with van der Waals surface area (Å²) in [6.07, 6.45) is 2.25. The third kappa shape index (κ3) is 5.40. The number of anilines is 1. The Balaban J connectivity index is 1.51. The van der Waals surface area contributed by atoms with E-state index in [2.05, 4.69) is 49.6 Å². The second kappa shape index (κ2) is 10.1. The smallest absolute Gasteiger partial charge is 0.329 e. The average Bonchev–Trinajstić information content (AvgIpc) is 3.41. The van der Waals surface area contributed by atoms with Gasteiger partial charge in [0.1, 0.15) is 12.3 Å². The maximum absolute atomic E-state index is 13.2. The first-order chi connectivity index (χ1) is 15.9. The van der Waals surface area contributed by atoms with Crippen LogP contribution in [0, 0.1) is 13.8 Å². The highest BCUT2D eigenvalue weighted by Crippen LogP contribution is 2.37. The van der Waals surface area contributed by atoms with Crippen LogP contribution in [0.3, 0.4) is 0 Å². The van der Waals surface area contributed by atoms with Crippen LogP contribution in [-0.2, 0) is 14.3 Å². The Morgan fingerprint density at radius 2 is 1.97 bits per heavy atom. The molecule has 2 atom stereocenters. The van der Waals surface area contributed by atoms with Crippen molar-refractivity contribution < 1.29 is 19.4 Å². The molecule has 0 spiro atoms. The van der Waals surface area contributed by atoms with Crippen molar-refractivity contribution in [3.63, 3.8) is 0 Å². The second-order valence-electron chi connectivity index (χ2n) is 8.65. The molecule has 2 N–H and O–H groups in total. The highest BCUT2D eigenvalue weighted by atomic mass is 16.5. The van der Waals surface area contributed by atoms with E-state index in [4.69, 9.17) is 14.9 Å². The highest BCUT2D eigenvalue weighted by Gasteiger charge is 2.35. The molecule has 0 aliphatic carbocycles. The average molecular weight is 451 g/mol. The van der Waals surface area contributed by atoms with Crippen molar-refractivity contribution in [1.82, 2.24) is 10.4 Å². The van der Waals surface area contributed by atoms with E-state index in [1.165, 1.54) is 5.56 Å². The molecule has 0 saturated carbocycles. The first-order valence-electron chi connectivity index (χ1n) is 11.3. The molecule has 1 amide bonds. The van der Waals surface area contributed by atoms with E-state index in [-0.39, 0.29) is 31.2 Å². The van der Waals surface area contributed by atoms with Gasteiger partial charge in [0.25, 0.3) is 5.91 Å². The maximum atomic E-state index is 13.2. The minimum atomic E-state index is -0.998. The zero-order valence-electron chi connectivity index (χ0n) is 19.0. The molecule has 1 fully saturated rings. The van der Waals surface area contributed by atoms with Gasteiger partial charge in [0.15, 0.2) is 0 Å². The number of benzene rings is 2. The van der Waals surface area contributed by atoms with E-state index in [9.17, 15) is 9.59 Å². The summed E-state index contributed by atoms with van der Waals surface area (Å²) >= 11 is 0. The van der Waals surface area contributed by atoms with Gasteiger partial charge in [0, 0.05) is 13.0 Å². The van der Waals surface area contributed by atoms with E-state index in [0.717, 1.165) is 29.7 Å². The van der Waals surface area contributed by atoms with Crippen molar-refractivity contribution in [2.24, 2.45) is 5.10 Å². The first kappa shape index (κ1) is 22.9. The summed E-state index contributed by atoms with van der Waals surface area (Å²) in [6, 6.07) is 16.2. The largest absolute Gasteiger partial charge is 0.480 e. The summed E-state index contributed by atoms with van der Waals surface area (Å²) < 4.78 is 5.26. The lowest BCUT2D eigenvalue weighted by Crippen LogP contribution is -2.49. The zero-order chi connectivity index (χ0) is 23.4. The van der Waals surface area contributed by atoms with Crippen LogP contribution in [0.4, 0.5) is 5.69 Å². The number of carboxylic acid groups (broad SMARTS) is 1. The summed E-state index contributed by atoms with van der Waals surface area (Å²) in [7, 11) is 0. The summed E-state index contributed by atoms with van der Waals surface area (Å²) in [5.74, 6) is -1.23. The Labute approximate surface area is 193 Å². The summed E-state index contributed by atoms with van der Waals surface area (Å²) in [6.45, 7) is 4.74. The van der Waals surface area contributed by atoms with Crippen molar-refractivity contribution in [2.75, 3.05) is 24.8 Å². The maximum Gasteiger partial charge on any atom is 0.329 e. The van der Waals surface area contributed by atoms with Crippen molar-refractivity contribution in [2.45, 2.75) is 45.2 Å². The predicted molar refractivity (Wildman–Crippen MR) is 126 cm³/mol. The SMILES string of the molecule is Cc1ccc(N2N=C(C(=O)NN3CCCC3COCC(=O)O)CC2c2ccccc2)c(C)c1. The molecule has 2 heterocycles. The zero-order valence-corrected chi connectivity index (χ0v) is 19.0. The molecule has 2 unspecified atom stereocenters. The van der Waals surface area contributed by atoms with Crippen molar-refractivity contribution in [3.05, 3.63) is 65.2 Å². The van der Waals surface area contributed by atoms with Crippen LogP contribution in [0.15, 0.2) is 53.6 Å². The van der Waals surface area contributed by atoms with Crippen LogP contribution in [-0.4, -0.2) is 53.5 Å². The number of hydrazine groups is 1. The predicted octanol–water partition coefficient (Wildman–Crippen LogP) is 3.21. The fourth-order valence-corrected chi connectivity index (χ4v) is 4.50. The number of nitrogens with one attached hydrogen (secondary N) is 1. The molecule has 0 radical (unpaired) electrons. The molecule has 33 heavy (non-hydrogen) atoms. The summed E-state index contributed by atoms with van der Waals surface area (Å²) in [5.41, 5.74) is 7.83. The van der Waals surface area contributed by atoms with Gasteiger partial charge < -0.3 is 9.84 Å². The molecule has 0 bridgehead atoms. The fourth-order valence-electron chi connectivity index (χ4n) is 4.50. The third-order valence-electron chi connectivity index (χ3n) is 6.11. The van der Waals surface area contributed by atoms with Crippen LogP contribution < -0.4 is 10.4 Å². The van der Waals surface area contributed by atoms with Gasteiger partial charge in [-0.1, -0.05) is 48.0 Å². The molecule has 8 nitrogen and oxygen atoms in total. The van der Waals surface area contributed by atoms with E-state index in [1.54, 1.807) is 0 Å². The van der Waals surface area contributed by atoms with Gasteiger partial charge in [-0.15, -0.1) is 0 Å². The van der Waals surface area contributed by atoms with Crippen LogP contribution >= 0.6 is 0 Å². The number of hydrogen-bond acceptors (Lipinski definition) is 6. The number of hydrogen-bond donors (Lipinski definition) is 2. The molecule has 4 rings (SSSR count). The fraction of sp³-hybridized carbons (Fsp3) is 0.400. The number of ether oxygens (including phenoxy) is 1. The number of amides is 1. The van der Waals surface area contributed by atoms with Gasteiger partial charge in [0.05, 0.1) is 24.4 Å².